The van der Waals surface area contributed by atoms with Gasteiger partial charge in [-0.15, -0.1) is 0 Å². The minimum atomic E-state index is -3.90. The first-order valence-corrected chi connectivity index (χ1v) is 11.2. The van der Waals surface area contributed by atoms with Crippen LogP contribution in [0, 0.1) is 26.6 Å². The molecule has 158 valence electrons. The Bertz CT molecular complexity index is 1200. The number of amides is 1. The van der Waals surface area contributed by atoms with Crippen LogP contribution >= 0.6 is 0 Å². The Labute approximate surface area is 176 Å². The number of halogens is 1. The number of hydrogen-bond acceptors (Lipinski definition) is 3. The highest BCUT2D eigenvalue weighted by Gasteiger charge is 2.30. The number of sulfone groups is 1. The van der Waals surface area contributed by atoms with Crippen molar-refractivity contribution in [2.45, 2.75) is 50.5 Å². The van der Waals surface area contributed by atoms with Crippen molar-refractivity contribution in [3.8, 4) is 0 Å². The van der Waals surface area contributed by atoms with Crippen molar-refractivity contribution in [3.63, 3.8) is 0 Å². The molecule has 0 spiro atoms. The van der Waals surface area contributed by atoms with Crippen molar-refractivity contribution in [3.05, 3.63) is 76.7 Å². The molecule has 0 fully saturated rings. The van der Waals surface area contributed by atoms with Gasteiger partial charge >= 0.3 is 0 Å². The van der Waals surface area contributed by atoms with Gasteiger partial charge in [-0.2, -0.15) is 0 Å². The van der Waals surface area contributed by atoms with Crippen LogP contribution in [-0.4, -0.2) is 18.9 Å². The second-order valence-electron chi connectivity index (χ2n) is 7.29. The maximum absolute atomic E-state index is 14.1. The molecule has 2 aromatic carbocycles. The summed E-state index contributed by atoms with van der Waals surface area (Å²) < 4.78 is 42.9. The molecule has 0 aliphatic heterocycles. The van der Waals surface area contributed by atoms with Gasteiger partial charge in [-0.3, -0.25) is 4.79 Å². The number of anilines is 1. The Kier molecular flexibility index (Phi) is 6.12. The van der Waals surface area contributed by atoms with E-state index in [4.69, 9.17) is 0 Å². The van der Waals surface area contributed by atoms with Gasteiger partial charge in [0.05, 0.1) is 10.5 Å². The summed E-state index contributed by atoms with van der Waals surface area (Å²) in [7, 11) is -3.90. The van der Waals surface area contributed by atoms with E-state index in [1.54, 1.807) is 41.8 Å². The SMILES string of the molecule is CCCn1c(C)c(C)c(S(=O)(=O)c2ccc(C)cc2)c1NC(=O)c1ccccc1F. The second-order valence-corrected chi connectivity index (χ2v) is 9.18. The van der Waals surface area contributed by atoms with Gasteiger partial charge in [-0.25, -0.2) is 12.8 Å². The maximum atomic E-state index is 14.1. The number of benzene rings is 2. The van der Waals surface area contributed by atoms with Crippen LogP contribution in [-0.2, 0) is 16.4 Å². The summed E-state index contributed by atoms with van der Waals surface area (Å²) >= 11 is 0. The number of nitrogens with zero attached hydrogens (tertiary/aromatic N) is 1. The number of nitrogens with one attached hydrogen (secondary N) is 1. The molecule has 30 heavy (non-hydrogen) atoms. The Morgan fingerprint density at radius 3 is 2.27 bits per heavy atom. The summed E-state index contributed by atoms with van der Waals surface area (Å²) in [6.07, 6.45) is 0.738. The van der Waals surface area contributed by atoms with Crippen LogP contribution in [0.5, 0.6) is 0 Å². The average molecular weight is 429 g/mol. The highest BCUT2D eigenvalue weighted by molar-refractivity contribution is 7.91. The molecule has 1 heterocycles. The molecule has 0 aliphatic rings. The van der Waals surface area contributed by atoms with Crippen LogP contribution in [0.25, 0.3) is 0 Å². The third-order valence-electron chi connectivity index (χ3n) is 5.17. The summed E-state index contributed by atoms with van der Waals surface area (Å²) in [4.78, 5) is 13.0. The van der Waals surface area contributed by atoms with E-state index in [9.17, 15) is 17.6 Å². The van der Waals surface area contributed by atoms with Crippen LogP contribution in [0.15, 0.2) is 58.3 Å². The van der Waals surface area contributed by atoms with Crippen molar-refractivity contribution < 1.29 is 17.6 Å². The Morgan fingerprint density at radius 2 is 1.67 bits per heavy atom. The molecule has 3 rings (SSSR count). The molecule has 0 bridgehead atoms. The van der Waals surface area contributed by atoms with Crippen molar-refractivity contribution >= 4 is 21.6 Å². The molecule has 0 saturated heterocycles. The van der Waals surface area contributed by atoms with Gasteiger partial charge in [0.15, 0.2) is 0 Å². The molecule has 1 N–H and O–H groups in total. The van der Waals surface area contributed by atoms with Crippen molar-refractivity contribution in [2.75, 3.05) is 5.32 Å². The molecular weight excluding hydrogens is 403 g/mol. The number of carbonyl (C=O) groups excluding carboxylic acids is 1. The summed E-state index contributed by atoms with van der Waals surface area (Å²) in [5.74, 6) is -1.19. The molecule has 0 radical (unpaired) electrons. The smallest absolute Gasteiger partial charge is 0.259 e. The lowest BCUT2D eigenvalue weighted by Crippen LogP contribution is -2.19. The molecule has 0 atom stereocenters. The number of hydrogen-bond donors (Lipinski definition) is 1. The van der Waals surface area contributed by atoms with Crippen LogP contribution in [0.4, 0.5) is 10.2 Å². The third-order valence-corrected chi connectivity index (χ3v) is 7.10. The predicted molar refractivity (Wildman–Crippen MR) is 115 cm³/mol. The number of carbonyl (C=O) groups is 1. The summed E-state index contributed by atoms with van der Waals surface area (Å²) in [5, 5.41) is 2.67. The number of aryl methyl sites for hydroxylation is 1. The first-order chi connectivity index (χ1) is 14.2. The van der Waals surface area contributed by atoms with Crippen LogP contribution in [0.3, 0.4) is 0 Å². The first-order valence-electron chi connectivity index (χ1n) is 9.75. The largest absolute Gasteiger partial charge is 0.331 e. The van der Waals surface area contributed by atoms with Crippen molar-refractivity contribution in [2.24, 2.45) is 0 Å². The van der Waals surface area contributed by atoms with Crippen LogP contribution in [0.2, 0.25) is 0 Å². The third kappa shape index (κ3) is 3.89. The van der Waals surface area contributed by atoms with E-state index in [0.717, 1.165) is 17.7 Å². The van der Waals surface area contributed by atoms with Gasteiger partial charge in [0.25, 0.3) is 5.91 Å². The van der Waals surface area contributed by atoms with E-state index < -0.39 is 21.6 Å². The van der Waals surface area contributed by atoms with E-state index in [0.29, 0.717) is 12.1 Å². The molecule has 7 heteroatoms. The summed E-state index contributed by atoms with van der Waals surface area (Å²) in [6, 6.07) is 12.2. The highest BCUT2D eigenvalue weighted by Crippen LogP contribution is 2.36. The maximum Gasteiger partial charge on any atom is 0.259 e. The molecule has 0 saturated carbocycles. The van der Waals surface area contributed by atoms with Crippen LogP contribution < -0.4 is 5.32 Å². The average Bonchev–Trinajstić information content (AvgIpc) is 2.93. The summed E-state index contributed by atoms with van der Waals surface area (Å²) in [5.41, 5.74) is 2.11. The van der Waals surface area contributed by atoms with E-state index in [1.807, 2.05) is 20.8 Å². The lowest BCUT2D eigenvalue weighted by molar-refractivity contribution is 0.102. The normalized spacial score (nSPS) is 11.5. The minimum Gasteiger partial charge on any atom is -0.331 e. The van der Waals surface area contributed by atoms with Gasteiger partial charge < -0.3 is 9.88 Å². The Morgan fingerprint density at radius 1 is 1.03 bits per heavy atom. The lowest BCUT2D eigenvalue weighted by Gasteiger charge is -2.14. The zero-order chi connectivity index (χ0) is 22.1. The van der Waals surface area contributed by atoms with Gasteiger partial charge in [-0.1, -0.05) is 36.8 Å². The zero-order valence-electron chi connectivity index (χ0n) is 17.5. The van der Waals surface area contributed by atoms with E-state index in [2.05, 4.69) is 5.32 Å². The lowest BCUT2D eigenvalue weighted by atomic mass is 10.2. The molecule has 1 amide bonds. The predicted octanol–water partition coefficient (Wildman–Crippen LogP) is 5.05. The van der Waals surface area contributed by atoms with E-state index >= 15 is 0 Å². The van der Waals surface area contributed by atoms with E-state index in [-0.39, 0.29) is 21.2 Å². The fraction of sp³-hybridized carbons (Fsp3) is 0.261. The quantitative estimate of drug-likeness (QED) is 0.598. The van der Waals surface area contributed by atoms with Crippen molar-refractivity contribution in [1.29, 1.82) is 0 Å². The second kappa shape index (κ2) is 8.44. The highest BCUT2D eigenvalue weighted by atomic mass is 32.2. The molecule has 5 nitrogen and oxygen atoms in total. The Hall–Kier alpha value is -2.93. The zero-order valence-corrected chi connectivity index (χ0v) is 18.3. The molecule has 0 unspecified atom stereocenters. The number of rotatable bonds is 6. The molecule has 0 aliphatic carbocycles. The first kappa shape index (κ1) is 21.8. The number of aromatic nitrogens is 1. The van der Waals surface area contributed by atoms with E-state index in [1.165, 1.54) is 18.2 Å². The Balaban J connectivity index is 2.19. The fourth-order valence-electron chi connectivity index (χ4n) is 3.45. The minimum absolute atomic E-state index is 0.0435. The van der Waals surface area contributed by atoms with Gasteiger partial charge in [0.1, 0.15) is 16.5 Å². The standard InChI is InChI=1S/C23H25FN2O3S/c1-5-14-26-17(4)16(3)21(30(28,29)18-12-10-15(2)11-13-18)22(26)25-23(27)19-8-6-7-9-20(19)24/h6-13H,5,14H2,1-4H3,(H,25,27). The molecule has 3 aromatic rings. The van der Waals surface area contributed by atoms with Crippen molar-refractivity contribution in [1.82, 2.24) is 4.57 Å². The van der Waals surface area contributed by atoms with Gasteiger partial charge in [0, 0.05) is 12.2 Å². The summed E-state index contributed by atoms with van der Waals surface area (Å²) in [6.45, 7) is 7.90. The topological polar surface area (TPSA) is 68.2 Å². The molecule has 1 aromatic heterocycles. The molecular formula is C23H25FN2O3S. The fourth-order valence-corrected chi connectivity index (χ4v) is 5.14. The van der Waals surface area contributed by atoms with Crippen LogP contribution in [0.1, 0.15) is 40.5 Å². The monoisotopic (exact) mass is 428 g/mol. The van der Waals surface area contributed by atoms with Gasteiger partial charge in [0.2, 0.25) is 9.84 Å². The van der Waals surface area contributed by atoms with Gasteiger partial charge in [-0.05, 0) is 57.0 Å².